The van der Waals surface area contributed by atoms with Crippen LogP contribution in [0, 0.1) is 59.6 Å². The van der Waals surface area contributed by atoms with Crippen molar-refractivity contribution in [2.24, 2.45) is 59.6 Å². The van der Waals surface area contributed by atoms with Crippen LogP contribution in [0.1, 0.15) is 89.0 Å². The highest BCUT2D eigenvalue weighted by molar-refractivity contribution is 5.73. The molecular formula is C25H40O. The summed E-state index contributed by atoms with van der Waals surface area (Å²) in [4.78, 5) is 0. The molecule has 6 atom stereocenters. The van der Waals surface area contributed by atoms with Crippen LogP contribution in [0.4, 0.5) is 0 Å². The lowest BCUT2D eigenvalue weighted by Gasteiger charge is -2.07. The van der Waals surface area contributed by atoms with Gasteiger partial charge in [0.05, 0.1) is 0 Å². The second-order valence-corrected chi connectivity index (χ2v) is 14.5. The molecule has 146 valence electrons. The van der Waals surface area contributed by atoms with Crippen molar-refractivity contribution >= 4 is 0 Å². The molecule has 0 heterocycles. The molecule has 0 aliphatic heterocycles. The van der Waals surface area contributed by atoms with E-state index in [-0.39, 0.29) is 5.41 Å². The molecule has 0 aromatic heterocycles. The molecule has 0 bridgehead atoms. The Kier molecular flexibility index (Phi) is 1.96. The van der Waals surface area contributed by atoms with Gasteiger partial charge in [0.2, 0.25) is 0 Å². The van der Waals surface area contributed by atoms with E-state index in [1.165, 1.54) is 12.8 Å². The Balaban J connectivity index is 1.60. The van der Waals surface area contributed by atoms with E-state index < -0.39 is 0 Å². The molecule has 0 aromatic rings. The van der Waals surface area contributed by atoms with Gasteiger partial charge < -0.3 is 5.11 Å². The van der Waals surface area contributed by atoms with Crippen molar-refractivity contribution in [3.63, 3.8) is 0 Å². The Labute approximate surface area is 160 Å². The summed E-state index contributed by atoms with van der Waals surface area (Å²) in [5.41, 5.74) is 4.63. The van der Waals surface area contributed by atoms with Crippen molar-refractivity contribution in [1.29, 1.82) is 0 Å². The fourth-order valence-corrected chi connectivity index (χ4v) is 14.5. The normalized spacial score (nSPS) is 66.5. The highest BCUT2D eigenvalue weighted by atomic mass is 16.3. The minimum Gasteiger partial charge on any atom is -0.396 e. The fraction of sp³-hybridized carbons (Fsp3) is 1.00. The highest BCUT2D eigenvalue weighted by Gasteiger charge is 3.27. The van der Waals surface area contributed by atoms with E-state index in [0.717, 1.165) is 0 Å². The summed E-state index contributed by atoms with van der Waals surface area (Å²) in [5, 5.41) is 10.3. The van der Waals surface area contributed by atoms with Gasteiger partial charge in [0.15, 0.2) is 0 Å². The summed E-state index contributed by atoms with van der Waals surface area (Å²) in [6, 6.07) is 0. The highest BCUT2D eigenvalue weighted by Crippen LogP contribution is 3.30. The van der Waals surface area contributed by atoms with Gasteiger partial charge in [-0.3, -0.25) is 0 Å². The van der Waals surface area contributed by atoms with Crippen LogP contribution in [-0.2, 0) is 0 Å². The standard InChI is InChI=1S/C25H40O/c1-15(2)12-21(15)16(3,4)23(21)18(7,8)25(23)19(9,10)24(25)17(5,6)22(24)13-20(22,11)14-26/h26H,12-14H2,1-11H3. The lowest BCUT2D eigenvalue weighted by molar-refractivity contribution is 0.197. The molecule has 6 saturated carbocycles. The van der Waals surface area contributed by atoms with Gasteiger partial charge in [0.1, 0.15) is 0 Å². The lowest BCUT2D eigenvalue weighted by Crippen LogP contribution is -2.08. The zero-order chi connectivity index (χ0) is 19.6. The van der Waals surface area contributed by atoms with Gasteiger partial charge in [0.25, 0.3) is 0 Å². The third-order valence-corrected chi connectivity index (χ3v) is 13.6. The van der Waals surface area contributed by atoms with E-state index >= 15 is 0 Å². The quantitative estimate of drug-likeness (QED) is 0.619. The zero-order valence-corrected chi connectivity index (χ0v) is 19.1. The van der Waals surface area contributed by atoms with Gasteiger partial charge in [-0.15, -0.1) is 0 Å². The van der Waals surface area contributed by atoms with Crippen LogP contribution in [0.3, 0.4) is 0 Å². The van der Waals surface area contributed by atoms with E-state index in [0.29, 0.717) is 60.8 Å². The summed E-state index contributed by atoms with van der Waals surface area (Å²) < 4.78 is 0. The van der Waals surface area contributed by atoms with Crippen LogP contribution in [0.2, 0.25) is 0 Å². The Morgan fingerprint density at radius 2 is 0.923 bits per heavy atom. The van der Waals surface area contributed by atoms with Crippen molar-refractivity contribution in [2.45, 2.75) is 89.0 Å². The second kappa shape index (κ2) is 3.01. The molecule has 1 nitrogen and oxygen atoms in total. The van der Waals surface area contributed by atoms with Crippen LogP contribution < -0.4 is 0 Å². The zero-order valence-electron chi connectivity index (χ0n) is 19.1. The molecule has 0 radical (unpaired) electrons. The van der Waals surface area contributed by atoms with Crippen LogP contribution in [0.25, 0.3) is 0 Å². The number of fused-ring (bicyclic) bond motifs is 4. The predicted octanol–water partition coefficient (Wildman–Crippen LogP) is 5.91. The first kappa shape index (κ1) is 16.9. The number of hydrogen-bond acceptors (Lipinski definition) is 1. The van der Waals surface area contributed by atoms with Gasteiger partial charge in [-0.1, -0.05) is 76.2 Å². The Hall–Kier alpha value is -0.0400. The third kappa shape index (κ3) is 0.759. The second-order valence-electron chi connectivity index (χ2n) is 14.5. The van der Waals surface area contributed by atoms with Crippen LogP contribution in [-0.4, -0.2) is 11.7 Å². The van der Waals surface area contributed by atoms with E-state index in [2.05, 4.69) is 76.2 Å². The molecule has 6 aliphatic rings. The molecule has 6 fully saturated rings. The van der Waals surface area contributed by atoms with E-state index in [4.69, 9.17) is 0 Å². The number of rotatable bonds is 1. The van der Waals surface area contributed by atoms with Gasteiger partial charge in [-0.25, -0.2) is 0 Å². The Bertz CT molecular complexity index is 829. The minimum absolute atomic E-state index is 0.155. The summed E-state index contributed by atoms with van der Waals surface area (Å²) in [5.74, 6) is 0. The van der Waals surface area contributed by atoms with E-state index in [9.17, 15) is 5.11 Å². The van der Waals surface area contributed by atoms with Crippen LogP contribution in [0.5, 0.6) is 0 Å². The fourth-order valence-electron chi connectivity index (χ4n) is 14.5. The summed E-state index contributed by atoms with van der Waals surface area (Å²) in [6.45, 7) is 28.7. The number of aliphatic hydroxyl groups excluding tert-OH is 1. The van der Waals surface area contributed by atoms with Crippen LogP contribution >= 0.6 is 0 Å². The van der Waals surface area contributed by atoms with E-state index in [1.54, 1.807) is 0 Å². The first-order valence-corrected chi connectivity index (χ1v) is 11.1. The van der Waals surface area contributed by atoms with Crippen molar-refractivity contribution in [2.75, 3.05) is 6.61 Å². The van der Waals surface area contributed by atoms with Gasteiger partial charge in [0, 0.05) is 6.61 Å². The molecule has 6 rings (SSSR count). The van der Waals surface area contributed by atoms with Crippen molar-refractivity contribution in [1.82, 2.24) is 0 Å². The van der Waals surface area contributed by atoms with E-state index in [1.807, 2.05) is 0 Å². The lowest BCUT2D eigenvalue weighted by atomic mass is 10.00. The Morgan fingerprint density at radius 3 is 1.23 bits per heavy atom. The molecule has 1 N–H and O–H groups in total. The summed E-state index contributed by atoms with van der Waals surface area (Å²) >= 11 is 0. The van der Waals surface area contributed by atoms with Crippen molar-refractivity contribution in [3.05, 3.63) is 0 Å². The molecule has 6 aliphatic carbocycles. The molecule has 0 amide bonds. The predicted molar refractivity (Wildman–Crippen MR) is 105 cm³/mol. The average molecular weight is 357 g/mol. The first-order valence-electron chi connectivity index (χ1n) is 11.1. The van der Waals surface area contributed by atoms with Gasteiger partial charge >= 0.3 is 0 Å². The molecule has 26 heavy (non-hydrogen) atoms. The third-order valence-electron chi connectivity index (χ3n) is 13.6. The van der Waals surface area contributed by atoms with Gasteiger partial charge in [-0.05, 0) is 72.4 Å². The summed E-state index contributed by atoms with van der Waals surface area (Å²) in [7, 11) is 0. The number of aliphatic hydroxyl groups is 1. The van der Waals surface area contributed by atoms with Gasteiger partial charge in [-0.2, -0.15) is 0 Å². The average Bonchev–Trinajstić information content (AvgIpc) is 3.37. The molecule has 6 unspecified atom stereocenters. The summed E-state index contributed by atoms with van der Waals surface area (Å²) in [6.07, 6.45) is 2.67. The maximum Gasteiger partial charge on any atom is 0.0490 e. The molecule has 1 heteroatoms. The maximum atomic E-state index is 10.3. The smallest absolute Gasteiger partial charge is 0.0490 e. The topological polar surface area (TPSA) is 20.2 Å². The SMILES string of the molecule is CC1(C)CC12C(C)(C)C21C(C)(C)C12C(C)(C)C21C(C)(C)C12CC2(C)CO. The van der Waals surface area contributed by atoms with Crippen LogP contribution in [0.15, 0.2) is 0 Å². The molecular weight excluding hydrogens is 316 g/mol. The molecule has 0 aromatic carbocycles. The molecule has 0 saturated heterocycles. The first-order chi connectivity index (χ1) is 11.5. The monoisotopic (exact) mass is 356 g/mol. The minimum atomic E-state index is 0.155. The Morgan fingerprint density at radius 1 is 0.538 bits per heavy atom. The van der Waals surface area contributed by atoms with Crippen molar-refractivity contribution in [3.8, 4) is 0 Å². The molecule has 5 spiro atoms. The largest absolute Gasteiger partial charge is 0.396 e. The number of hydrogen-bond donors (Lipinski definition) is 1. The maximum absolute atomic E-state index is 10.3. The van der Waals surface area contributed by atoms with Crippen molar-refractivity contribution < 1.29 is 5.11 Å².